The molecule has 182 valence electrons. The molecule has 4 rings (SSSR count). The predicted octanol–water partition coefficient (Wildman–Crippen LogP) is 2.28. The summed E-state index contributed by atoms with van der Waals surface area (Å²) in [7, 11) is 0. The van der Waals surface area contributed by atoms with Crippen LogP contribution in [0.25, 0.3) is 11.4 Å². The highest BCUT2D eigenvalue weighted by Crippen LogP contribution is 2.46. The third-order valence-electron chi connectivity index (χ3n) is 5.98. The van der Waals surface area contributed by atoms with Gasteiger partial charge in [0.15, 0.2) is 0 Å². The van der Waals surface area contributed by atoms with Crippen molar-refractivity contribution in [3.8, 4) is 11.4 Å². The van der Waals surface area contributed by atoms with Crippen LogP contribution in [0.15, 0.2) is 45.7 Å². The van der Waals surface area contributed by atoms with Gasteiger partial charge in [0, 0.05) is 11.0 Å². The average molecular weight is 480 g/mol. The summed E-state index contributed by atoms with van der Waals surface area (Å²) in [6.45, 7) is 4.85. The zero-order chi connectivity index (χ0) is 25.3. The fourth-order valence-electron chi connectivity index (χ4n) is 3.57. The topological polar surface area (TPSA) is 163 Å². The van der Waals surface area contributed by atoms with Crippen molar-refractivity contribution < 1.29 is 18.9 Å². The summed E-state index contributed by atoms with van der Waals surface area (Å²) in [6, 6.07) is 7.50. The summed E-state index contributed by atoms with van der Waals surface area (Å²) in [4.78, 5) is 53.3. The maximum absolute atomic E-state index is 13.1. The Morgan fingerprint density at radius 1 is 1.23 bits per heavy atom. The summed E-state index contributed by atoms with van der Waals surface area (Å²) in [6.07, 6.45) is 2.65. The minimum Gasteiger partial charge on any atom is -0.418 e. The first-order valence-corrected chi connectivity index (χ1v) is 11.1. The predicted molar refractivity (Wildman–Crippen MR) is 123 cm³/mol. The van der Waals surface area contributed by atoms with Crippen LogP contribution < -0.4 is 10.9 Å². The maximum atomic E-state index is 13.1. The van der Waals surface area contributed by atoms with E-state index in [4.69, 9.17) is 4.42 Å². The van der Waals surface area contributed by atoms with Crippen LogP contribution in [0.5, 0.6) is 0 Å². The number of rotatable bonds is 9. The molecule has 1 amide bonds. The monoisotopic (exact) mass is 480 g/mol. The number of hydrogen-bond donors (Lipinski definition) is 1. The summed E-state index contributed by atoms with van der Waals surface area (Å²) in [5, 5.41) is 21.7. The molecule has 1 atom stereocenters. The molecule has 0 unspecified atom stereocenters. The molecule has 0 saturated heterocycles. The molecule has 1 saturated carbocycles. The van der Waals surface area contributed by atoms with E-state index in [1.54, 1.807) is 44.2 Å². The first kappa shape index (κ1) is 23.9. The molecule has 0 spiro atoms. The Bertz CT molecular complexity index is 1340. The van der Waals surface area contributed by atoms with Gasteiger partial charge in [-0.1, -0.05) is 51.1 Å². The van der Waals surface area contributed by atoms with E-state index in [2.05, 4.69) is 20.5 Å². The maximum Gasteiger partial charge on any atom is 0.352 e. The number of carbonyl (C=O) groups excluding carboxylic acids is 2. The first-order chi connectivity index (χ1) is 16.6. The highest BCUT2D eigenvalue weighted by atomic mass is 16.6. The van der Waals surface area contributed by atoms with Crippen LogP contribution in [0, 0.1) is 16.0 Å². The largest absolute Gasteiger partial charge is 0.418 e. The molecule has 1 aliphatic carbocycles. The zero-order valence-electron chi connectivity index (χ0n) is 19.4. The standard InChI is InChI=1S/C23H24N6O6/c1-13(2)17(18(31)20-26-27-22(35-20)23(3)9-10-23)25-16(30)12-28-19(14-7-5-4-6-8-14)24-11-15(21(28)32)29(33)34/h4-8,11,13,17H,9-10,12H2,1-3H3,(H,25,30)/t17-/m1/s1. The molecule has 0 aliphatic heterocycles. The van der Waals surface area contributed by atoms with Gasteiger partial charge in [0.1, 0.15) is 18.6 Å². The van der Waals surface area contributed by atoms with Gasteiger partial charge in [0.25, 0.3) is 5.89 Å². The van der Waals surface area contributed by atoms with E-state index in [0.717, 1.165) is 23.6 Å². The van der Waals surface area contributed by atoms with E-state index in [-0.39, 0.29) is 23.0 Å². The number of carbonyl (C=O) groups is 2. The van der Waals surface area contributed by atoms with E-state index < -0.39 is 40.4 Å². The third kappa shape index (κ3) is 4.86. The van der Waals surface area contributed by atoms with Gasteiger partial charge in [-0.3, -0.25) is 29.1 Å². The molecule has 12 heteroatoms. The normalized spacial score (nSPS) is 15.0. The Morgan fingerprint density at radius 3 is 2.51 bits per heavy atom. The fraction of sp³-hybridized carbons (Fsp3) is 0.391. The molecule has 1 aliphatic rings. The Balaban J connectivity index is 1.60. The zero-order valence-corrected chi connectivity index (χ0v) is 19.4. The van der Waals surface area contributed by atoms with Crippen LogP contribution in [-0.2, 0) is 16.8 Å². The highest BCUT2D eigenvalue weighted by Gasteiger charge is 2.45. The lowest BCUT2D eigenvalue weighted by Crippen LogP contribution is -2.46. The van der Waals surface area contributed by atoms with Crippen LogP contribution in [0.4, 0.5) is 5.69 Å². The number of hydrogen-bond acceptors (Lipinski definition) is 9. The van der Waals surface area contributed by atoms with E-state index >= 15 is 0 Å². The minimum absolute atomic E-state index is 0.0861. The molecule has 0 radical (unpaired) electrons. The summed E-state index contributed by atoms with van der Waals surface area (Å²) >= 11 is 0. The van der Waals surface area contributed by atoms with Crippen molar-refractivity contribution in [2.24, 2.45) is 5.92 Å². The van der Waals surface area contributed by atoms with Gasteiger partial charge in [0.2, 0.25) is 17.6 Å². The smallest absolute Gasteiger partial charge is 0.352 e. The molecule has 0 bridgehead atoms. The van der Waals surface area contributed by atoms with Gasteiger partial charge in [-0.2, -0.15) is 0 Å². The van der Waals surface area contributed by atoms with Crippen LogP contribution in [0.2, 0.25) is 0 Å². The van der Waals surface area contributed by atoms with Crippen molar-refractivity contribution in [1.82, 2.24) is 25.1 Å². The van der Waals surface area contributed by atoms with Crippen molar-refractivity contribution in [3.63, 3.8) is 0 Å². The lowest BCUT2D eigenvalue weighted by molar-refractivity contribution is -0.386. The van der Waals surface area contributed by atoms with Crippen molar-refractivity contribution in [1.29, 1.82) is 0 Å². The average Bonchev–Trinajstić information content (AvgIpc) is 3.37. The number of benzene rings is 1. The number of amides is 1. The molecule has 35 heavy (non-hydrogen) atoms. The number of aromatic nitrogens is 4. The second-order valence-electron chi connectivity index (χ2n) is 9.11. The Kier molecular flexibility index (Phi) is 6.29. The number of ketones is 1. The van der Waals surface area contributed by atoms with Crippen molar-refractivity contribution >= 4 is 17.4 Å². The summed E-state index contributed by atoms with van der Waals surface area (Å²) in [5.74, 6) is -1.32. The van der Waals surface area contributed by atoms with E-state index in [1.807, 2.05) is 6.92 Å². The molecule has 12 nitrogen and oxygen atoms in total. The summed E-state index contributed by atoms with van der Waals surface area (Å²) in [5.41, 5.74) is -1.46. The third-order valence-corrected chi connectivity index (χ3v) is 5.98. The van der Waals surface area contributed by atoms with Crippen LogP contribution in [0.1, 0.15) is 50.2 Å². The van der Waals surface area contributed by atoms with Gasteiger partial charge in [-0.05, 0) is 18.8 Å². The number of Topliss-reactive ketones (excluding diaryl/α,β-unsaturated/α-hetero) is 1. The minimum atomic E-state index is -1.01. The molecule has 1 fully saturated rings. The van der Waals surface area contributed by atoms with E-state index in [1.165, 1.54) is 0 Å². The quantitative estimate of drug-likeness (QED) is 0.275. The van der Waals surface area contributed by atoms with E-state index in [9.17, 15) is 24.5 Å². The van der Waals surface area contributed by atoms with Crippen molar-refractivity contribution in [2.75, 3.05) is 0 Å². The number of nitro groups is 1. The SMILES string of the molecule is CC(C)[C@@H](NC(=O)Cn1c(-c2ccccc2)ncc([N+](=O)[O-])c1=O)C(=O)c1nnc(C2(C)CC2)o1. The van der Waals surface area contributed by atoms with Gasteiger partial charge >= 0.3 is 11.2 Å². The lowest BCUT2D eigenvalue weighted by atomic mass is 9.99. The second-order valence-corrected chi connectivity index (χ2v) is 9.11. The molecule has 3 aromatic rings. The van der Waals surface area contributed by atoms with Gasteiger partial charge in [0.05, 0.1) is 11.0 Å². The van der Waals surface area contributed by atoms with Crippen LogP contribution >= 0.6 is 0 Å². The molecule has 2 heterocycles. The number of nitrogens with one attached hydrogen (secondary N) is 1. The van der Waals surface area contributed by atoms with Gasteiger partial charge < -0.3 is 9.73 Å². The first-order valence-electron chi connectivity index (χ1n) is 11.1. The summed E-state index contributed by atoms with van der Waals surface area (Å²) < 4.78 is 6.50. The Hall–Kier alpha value is -4.22. The van der Waals surface area contributed by atoms with Crippen molar-refractivity contribution in [2.45, 2.75) is 51.6 Å². The van der Waals surface area contributed by atoms with Crippen LogP contribution in [0.3, 0.4) is 0 Å². The van der Waals surface area contributed by atoms with Gasteiger partial charge in [-0.25, -0.2) is 4.98 Å². The fourth-order valence-corrected chi connectivity index (χ4v) is 3.57. The van der Waals surface area contributed by atoms with Crippen molar-refractivity contribution in [3.05, 3.63) is 68.8 Å². The second kappa shape index (κ2) is 9.20. The molecule has 1 aromatic carbocycles. The molecule has 1 N–H and O–H groups in total. The number of nitrogens with zero attached hydrogens (tertiary/aromatic N) is 5. The Labute approximate surface area is 199 Å². The molecule has 2 aromatic heterocycles. The highest BCUT2D eigenvalue weighted by molar-refractivity contribution is 5.98. The van der Waals surface area contributed by atoms with E-state index in [0.29, 0.717) is 11.5 Å². The lowest BCUT2D eigenvalue weighted by Gasteiger charge is -2.20. The van der Waals surface area contributed by atoms with Gasteiger partial charge in [-0.15, -0.1) is 10.2 Å². The molecular formula is C23H24N6O6. The van der Waals surface area contributed by atoms with Crippen LogP contribution in [-0.4, -0.2) is 42.4 Å². The molecular weight excluding hydrogens is 456 g/mol. The Morgan fingerprint density at radius 2 is 1.91 bits per heavy atom.